The molecule has 1 atom stereocenters. The third-order valence-corrected chi connectivity index (χ3v) is 7.54. The number of hydrogen-bond donors (Lipinski definition) is 0. The van der Waals surface area contributed by atoms with Gasteiger partial charge in [-0.05, 0) is 63.0 Å². The van der Waals surface area contributed by atoms with E-state index >= 15 is 0 Å². The van der Waals surface area contributed by atoms with E-state index in [0.717, 1.165) is 45.2 Å². The summed E-state index contributed by atoms with van der Waals surface area (Å²) in [5, 5.41) is 0. The number of fused-ring (bicyclic) bond motifs is 1. The van der Waals surface area contributed by atoms with Gasteiger partial charge in [0.2, 0.25) is 5.91 Å². The molecule has 2 aliphatic rings. The third-order valence-electron chi connectivity index (χ3n) is 7.54. The zero-order valence-corrected chi connectivity index (χ0v) is 21.8. The second-order valence-corrected chi connectivity index (χ2v) is 10.7. The molecule has 0 N–H and O–H groups in total. The summed E-state index contributed by atoms with van der Waals surface area (Å²) in [6, 6.07) is 7.61. The monoisotopic (exact) mass is 470 g/mol. The highest BCUT2D eigenvalue weighted by Gasteiger charge is 2.27. The van der Waals surface area contributed by atoms with Crippen LogP contribution in [0.5, 0.6) is 5.75 Å². The summed E-state index contributed by atoms with van der Waals surface area (Å²) in [6.45, 7) is 9.11. The Hall–Kier alpha value is -2.04. The van der Waals surface area contributed by atoms with Crippen LogP contribution in [0.1, 0.15) is 102 Å². The van der Waals surface area contributed by atoms with Gasteiger partial charge in [0.25, 0.3) is 5.91 Å². The van der Waals surface area contributed by atoms with Crippen LogP contribution in [0.4, 0.5) is 0 Å². The lowest BCUT2D eigenvalue weighted by Crippen LogP contribution is -2.45. The van der Waals surface area contributed by atoms with Crippen molar-refractivity contribution >= 4 is 11.8 Å². The number of hydrogen-bond acceptors (Lipinski definition) is 3. The molecule has 0 aromatic heterocycles. The molecule has 1 aliphatic carbocycles. The van der Waals surface area contributed by atoms with Crippen LogP contribution < -0.4 is 4.74 Å². The Morgan fingerprint density at radius 3 is 2.47 bits per heavy atom. The molecule has 3 rings (SSSR count). The molecule has 5 heteroatoms. The predicted octanol–water partition coefficient (Wildman–Crippen LogP) is 6.32. The Kier molecular flexibility index (Phi) is 10.7. The van der Waals surface area contributed by atoms with Crippen LogP contribution in [0, 0.1) is 11.8 Å². The predicted molar refractivity (Wildman–Crippen MR) is 138 cm³/mol. The number of amides is 2. The van der Waals surface area contributed by atoms with Crippen molar-refractivity contribution in [3.8, 4) is 5.75 Å². The van der Waals surface area contributed by atoms with E-state index in [-0.39, 0.29) is 17.9 Å². The highest BCUT2D eigenvalue weighted by molar-refractivity contribution is 5.96. The number of carbonyl (C=O) groups excluding carboxylic acids is 2. The van der Waals surface area contributed by atoms with Gasteiger partial charge in [-0.3, -0.25) is 9.59 Å². The molecular weight excluding hydrogens is 424 g/mol. The summed E-state index contributed by atoms with van der Waals surface area (Å²) in [6.07, 6.45) is 12.1. The largest absolute Gasteiger partial charge is 0.491 e. The normalized spacial score (nSPS) is 21.3. The van der Waals surface area contributed by atoms with Crippen LogP contribution in [-0.2, 0) is 4.79 Å². The highest BCUT2D eigenvalue weighted by Crippen LogP contribution is 2.28. The fourth-order valence-corrected chi connectivity index (χ4v) is 5.58. The lowest BCUT2D eigenvalue weighted by molar-refractivity contribution is -0.135. The fraction of sp³-hybridized carbons (Fsp3) is 0.724. The first-order chi connectivity index (χ1) is 16.5. The van der Waals surface area contributed by atoms with Gasteiger partial charge in [-0.2, -0.15) is 0 Å². The summed E-state index contributed by atoms with van der Waals surface area (Å²) < 4.78 is 6.31. The first-order valence-corrected chi connectivity index (χ1v) is 13.8. The van der Waals surface area contributed by atoms with Crippen molar-refractivity contribution < 1.29 is 14.3 Å². The molecule has 0 spiro atoms. The molecule has 0 unspecified atom stereocenters. The highest BCUT2D eigenvalue weighted by atomic mass is 16.5. The SMILES string of the molecule is CCN1CCCCCN(C(=O)CCC2CCCCC2)[C@@H](CC(C)C)COc2ccccc2C1=O. The molecule has 0 saturated heterocycles. The van der Waals surface area contributed by atoms with E-state index in [1.54, 1.807) is 0 Å². The van der Waals surface area contributed by atoms with E-state index in [4.69, 9.17) is 4.74 Å². The van der Waals surface area contributed by atoms with Crippen molar-refractivity contribution in [2.45, 2.75) is 97.4 Å². The van der Waals surface area contributed by atoms with Gasteiger partial charge < -0.3 is 14.5 Å². The van der Waals surface area contributed by atoms with Crippen molar-refractivity contribution in [2.24, 2.45) is 11.8 Å². The summed E-state index contributed by atoms with van der Waals surface area (Å²) in [4.78, 5) is 30.8. The third kappa shape index (κ3) is 7.74. The molecule has 2 amide bonds. The molecule has 5 nitrogen and oxygen atoms in total. The molecule has 34 heavy (non-hydrogen) atoms. The van der Waals surface area contributed by atoms with Crippen molar-refractivity contribution in [2.75, 3.05) is 26.2 Å². The summed E-state index contributed by atoms with van der Waals surface area (Å²) in [5.41, 5.74) is 0.627. The minimum absolute atomic E-state index is 0.0324. The maximum atomic E-state index is 13.5. The molecule has 0 bridgehead atoms. The van der Waals surface area contributed by atoms with Crippen LogP contribution in [0.2, 0.25) is 0 Å². The quantitative estimate of drug-likeness (QED) is 0.489. The average molecular weight is 471 g/mol. The van der Waals surface area contributed by atoms with Crippen molar-refractivity contribution in [1.82, 2.24) is 9.80 Å². The Balaban J connectivity index is 1.78. The molecular formula is C29H46N2O3. The molecule has 1 aromatic rings. The number of para-hydroxylation sites is 1. The van der Waals surface area contributed by atoms with Gasteiger partial charge in [-0.25, -0.2) is 0 Å². The minimum atomic E-state index is 0.0324. The van der Waals surface area contributed by atoms with Gasteiger partial charge in [-0.15, -0.1) is 0 Å². The molecule has 1 aliphatic heterocycles. The van der Waals surface area contributed by atoms with Crippen LogP contribution in [-0.4, -0.2) is 53.9 Å². The second kappa shape index (κ2) is 13.7. The van der Waals surface area contributed by atoms with Crippen molar-refractivity contribution in [3.05, 3.63) is 29.8 Å². The van der Waals surface area contributed by atoms with Crippen LogP contribution >= 0.6 is 0 Å². The Morgan fingerprint density at radius 2 is 1.74 bits per heavy atom. The number of carbonyl (C=O) groups is 2. The minimum Gasteiger partial charge on any atom is -0.491 e. The molecule has 1 saturated carbocycles. The zero-order chi connectivity index (χ0) is 24.3. The summed E-state index contributed by atoms with van der Waals surface area (Å²) in [5.74, 6) is 2.14. The summed E-state index contributed by atoms with van der Waals surface area (Å²) in [7, 11) is 0. The standard InChI is InChI=1S/C29H46N2O3/c1-4-30-19-11-6-12-20-31(28(32)18-17-24-13-7-5-8-14-24)25(21-23(2)3)22-34-27-16-10-9-15-26(27)29(30)33/h9-10,15-16,23-25H,4-8,11-14,17-22H2,1-3H3/t25-/m0/s1. The van der Waals surface area contributed by atoms with Gasteiger partial charge in [0, 0.05) is 26.1 Å². The van der Waals surface area contributed by atoms with Gasteiger partial charge in [0.1, 0.15) is 12.4 Å². The first-order valence-electron chi connectivity index (χ1n) is 13.8. The smallest absolute Gasteiger partial charge is 0.257 e. The Labute approximate surface area is 207 Å². The van der Waals surface area contributed by atoms with Gasteiger partial charge in [0.05, 0.1) is 11.6 Å². The van der Waals surface area contributed by atoms with Gasteiger partial charge in [-0.1, -0.05) is 58.1 Å². The number of nitrogens with zero attached hydrogens (tertiary/aromatic N) is 2. The van der Waals surface area contributed by atoms with Gasteiger partial charge in [0.15, 0.2) is 0 Å². The summed E-state index contributed by atoms with van der Waals surface area (Å²) >= 11 is 0. The van der Waals surface area contributed by atoms with Crippen LogP contribution in [0.15, 0.2) is 24.3 Å². The number of rotatable bonds is 6. The van der Waals surface area contributed by atoms with Gasteiger partial charge >= 0.3 is 0 Å². The van der Waals surface area contributed by atoms with E-state index in [1.807, 2.05) is 36.1 Å². The lowest BCUT2D eigenvalue weighted by Gasteiger charge is -2.34. The topological polar surface area (TPSA) is 49.9 Å². The zero-order valence-electron chi connectivity index (χ0n) is 21.8. The molecule has 0 radical (unpaired) electrons. The van der Waals surface area contributed by atoms with Crippen LogP contribution in [0.25, 0.3) is 0 Å². The number of ether oxygens (including phenoxy) is 1. The number of benzene rings is 1. The van der Waals surface area contributed by atoms with Crippen LogP contribution in [0.3, 0.4) is 0 Å². The van der Waals surface area contributed by atoms with Crippen molar-refractivity contribution in [3.63, 3.8) is 0 Å². The fourth-order valence-electron chi connectivity index (χ4n) is 5.58. The van der Waals surface area contributed by atoms with Crippen molar-refractivity contribution in [1.29, 1.82) is 0 Å². The molecule has 1 heterocycles. The van der Waals surface area contributed by atoms with E-state index in [0.29, 0.717) is 42.7 Å². The lowest BCUT2D eigenvalue weighted by atomic mass is 9.86. The molecule has 1 fully saturated rings. The van der Waals surface area contributed by atoms with E-state index in [1.165, 1.54) is 32.1 Å². The maximum Gasteiger partial charge on any atom is 0.257 e. The Bertz CT molecular complexity index is 772. The maximum absolute atomic E-state index is 13.5. The molecule has 1 aromatic carbocycles. The first kappa shape index (κ1) is 26.6. The second-order valence-electron chi connectivity index (χ2n) is 10.7. The van der Waals surface area contributed by atoms with E-state index in [9.17, 15) is 9.59 Å². The Morgan fingerprint density at radius 1 is 1.03 bits per heavy atom. The molecule has 190 valence electrons. The van der Waals surface area contributed by atoms with E-state index in [2.05, 4.69) is 18.7 Å². The van der Waals surface area contributed by atoms with E-state index < -0.39 is 0 Å². The average Bonchev–Trinajstić information content (AvgIpc) is 2.85.